The second-order valence-electron chi connectivity index (χ2n) is 6.57. The Morgan fingerprint density at radius 2 is 1.19 bits per heavy atom. The van der Waals surface area contributed by atoms with Gasteiger partial charge in [0.2, 0.25) is 0 Å². The lowest BCUT2D eigenvalue weighted by Crippen LogP contribution is -2.06. The number of ketones is 1. The first-order valence-corrected chi connectivity index (χ1v) is 9.34. The van der Waals surface area contributed by atoms with Crippen LogP contribution >= 0.6 is 0 Å². The van der Waals surface area contributed by atoms with Gasteiger partial charge in [-0.25, -0.2) is 0 Å². The zero-order valence-corrected chi connectivity index (χ0v) is 14.5. The van der Waals surface area contributed by atoms with Gasteiger partial charge in [-0.2, -0.15) is 0 Å². The van der Waals surface area contributed by atoms with Crippen molar-refractivity contribution in [1.82, 2.24) is 0 Å². The van der Waals surface area contributed by atoms with E-state index in [1.54, 1.807) is 6.92 Å². The molecule has 126 valence electrons. The summed E-state index contributed by atoms with van der Waals surface area (Å²) in [5.74, 6) is 0.263. The van der Waals surface area contributed by atoms with Crippen LogP contribution in [-0.2, 0) is 4.79 Å². The Kier molecular flexibility index (Phi) is 15.7. The quantitative estimate of drug-likeness (QED) is 0.365. The lowest BCUT2D eigenvalue weighted by Gasteiger charge is -2.09. The molecule has 0 aliphatic rings. The van der Waals surface area contributed by atoms with Gasteiger partial charge in [-0.15, -0.1) is 0 Å². The fourth-order valence-electron chi connectivity index (χ4n) is 2.77. The molecule has 0 unspecified atom stereocenters. The number of hydrogen-bond acceptors (Lipinski definition) is 2. The minimum Gasteiger partial charge on any atom is -0.393 e. The predicted octanol–water partition coefficient (Wildman–Crippen LogP) is 5.81. The monoisotopic (exact) mass is 298 g/mol. The molecule has 0 fully saturated rings. The van der Waals surface area contributed by atoms with Crippen LogP contribution in [0.25, 0.3) is 0 Å². The molecule has 0 aromatic heterocycles. The average molecular weight is 299 g/mol. The van der Waals surface area contributed by atoms with E-state index in [1.165, 1.54) is 57.8 Å². The lowest BCUT2D eigenvalue weighted by molar-refractivity contribution is -0.117. The second-order valence-corrected chi connectivity index (χ2v) is 6.57. The van der Waals surface area contributed by atoms with Gasteiger partial charge >= 0.3 is 0 Å². The average Bonchev–Trinajstić information content (AvgIpc) is 2.45. The molecule has 0 radical (unpaired) electrons. The normalized spacial score (nSPS) is 12.5. The SMILES string of the molecule is CCCCCCCCCCCC[C@H](O)CCCCC(C)=O. The summed E-state index contributed by atoms with van der Waals surface area (Å²) in [5, 5.41) is 9.85. The molecule has 0 heterocycles. The van der Waals surface area contributed by atoms with Gasteiger partial charge in [0.1, 0.15) is 5.78 Å². The molecule has 1 atom stereocenters. The number of rotatable bonds is 16. The maximum atomic E-state index is 10.8. The van der Waals surface area contributed by atoms with Crippen molar-refractivity contribution < 1.29 is 9.90 Å². The third-order valence-corrected chi connectivity index (χ3v) is 4.21. The topological polar surface area (TPSA) is 37.3 Å². The van der Waals surface area contributed by atoms with E-state index in [2.05, 4.69) is 6.92 Å². The highest BCUT2D eigenvalue weighted by molar-refractivity contribution is 5.75. The molecule has 0 saturated carbocycles. The predicted molar refractivity (Wildman–Crippen MR) is 91.6 cm³/mol. The Hall–Kier alpha value is -0.370. The fourth-order valence-corrected chi connectivity index (χ4v) is 2.77. The smallest absolute Gasteiger partial charge is 0.129 e. The standard InChI is InChI=1S/C19H38O2/c1-3-4-5-6-7-8-9-10-11-12-16-19(21)17-14-13-15-18(2)20/h19,21H,3-17H2,1-2H3/t19-/m0/s1. The summed E-state index contributed by atoms with van der Waals surface area (Å²) in [4.78, 5) is 10.8. The molecule has 0 aliphatic heterocycles. The van der Waals surface area contributed by atoms with Gasteiger partial charge in [-0.1, -0.05) is 77.6 Å². The van der Waals surface area contributed by atoms with Crippen LogP contribution in [-0.4, -0.2) is 17.0 Å². The van der Waals surface area contributed by atoms with Crippen molar-refractivity contribution in [3.8, 4) is 0 Å². The maximum Gasteiger partial charge on any atom is 0.129 e. The molecule has 1 N–H and O–H groups in total. The van der Waals surface area contributed by atoms with Crippen molar-refractivity contribution in [3.05, 3.63) is 0 Å². The van der Waals surface area contributed by atoms with Gasteiger partial charge < -0.3 is 9.90 Å². The minimum absolute atomic E-state index is 0.147. The van der Waals surface area contributed by atoms with Crippen molar-refractivity contribution in [1.29, 1.82) is 0 Å². The van der Waals surface area contributed by atoms with Crippen LogP contribution < -0.4 is 0 Å². The van der Waals surface area contributed by atoms with Gasteiger partial charge in [0.25, 0.3) is 0 Å². The van der Waals surface area contributed by atoms with Crippen molar-refractivity contribution in [2.24, 2.45) is 0 Å². The van der Waals surface area contributed by atoms with Crippen LogP contribution in [0.1, 0.15) is 110 Å². The Morgan fingerprint density at radius 3 is 1.67 bits per heavy atom. The summed E-state index contributed by atoms with van der Waals surface area (Å²) in [7, 11) is 0. The van der Waals surface area contributed by atoms with Gasteiger partial charge in [0, 0.05) is 6.42 Å². The van der Waals surface area contributed by atoms with Gasteiger partial charge in [-0.3, -0.25) is 0 Å². The number of carbonyl (C=O) groups is 1. The Labute approximate surface area is 132 Å². The van der Waals surface area contributed by atoms with Crippen LogP contribution in [0.4, 0.5) is 0 Å². The van der Waals surface area contributed by atoms with E-state index < -0.39 is 0 Å². The molecule has 0 rings (SSSR count). The van der Waals surface area contributed by atoms with E-state index in [1.807, 2.05) is 0 Å². The van der Waals surface area contributed by atoms with Crippen LogP contribution in [0.5, 0.6) is 0 Å². The van der Waals surface area contributed by atoms with E-state index in [-0.39, 0.29) is 11.9 Å². The fraction of sp³-hybridized carbons (Fsp3) is 0.947. The summed E-state index contributed by atoms with van der Waals surface area (Å²) in [6.45, 7) is 3.90. The van der Waals surface area contributed by atoms with E-state index >= 15 is 0 Å². The Balaban J connectivity index is 3.14. The van der Waals surface area contributed by atoms with Crippen molar-refractivity contribution in [2.45, 2.75) is 116 Å². The highest BCUT2D eigenvalue weighted by Gasteiger charge is 2.04. The molecule has 0 spiro atoms. The number of aliphatic hydroxyl groups excluding tert-OH is 1. The summed E-state index contributed by atoms with van der Waals surface area (Å²) < 4.78 is 0. The first-order chi connectivity index (χ1) is 10.2. The molecule has 2 nitrogen and oxygen atoms in total. The molecule has 0 aliphatic carbocycles. The van der Waals surface area contributed by atoms with Crippen LogP contribution in [0.15, 0.2) is 0 Å². The highest BCUT2D eigenvalue weighted by atomic mass is 16.3. The number of aliphatic hydroxyl groups is 1. The molecular formula is C19H38O2. The zero-order valence-electron chi connectivity index (χ0n) is 14.5. The van der Waals surface area contributed by atoms with E-state index in [0.717, 1.165) is 32.1 Å². The lowest BCUT2D eigenvalue weighted by atomic mass is 10.0. The maximum absolute atomic E-state index is 10.8. The third kappa shape index (κ3) is 17.6. The number of carbonyl (C=O) groups excluding carboxylic acids is 1. The molecule has 0 amide bonds. The van der Waals surface area contributed by atoms with E-state index in [0.29, 0.717) is 6.42 Å². The molecule has 0 aromatic rings. The Morgan fingerprint density at radius 1 is 0.762 bits per heavy atom. The molecule has 21 heavy (non-hydrogen) atoms. The Bertz CT molecular complexity index is 226. The summed E-state index contributed by atoms with van der Waals surface area (Å²) in [6.07, 6.45) is 17.7. The highest BCUT2D eigenvalue weighted by Crippen LogP contribution is 2.14. The summed E-state index contributed by atoms with van der Waals surface area (Å²) in [6, 6.07) is 0. The number of unbranched alkanes of at least 4 members (excludes halogenated alkanes) is 10. The first kappa shape index (κ1) is 20.6. The summed E-state index contributed by atoms with van der Waals surface area (Å²) in [5.41, 5.74) is 0. The number of Topliss-reactive ketones (excluding diaryl/α,β-unsaturated/α-hetero) is 1. The van der Waals surface area contributed by atoms with Gasteiger partial charge in [-0.05, 0) is 26.2 Å². The zero-order chi connectivity index (χ0) is 15.8. The van der Waals surface area contributed by atoms with E-state index in [4.69, 9.17) is 0 Å². The van der Waals surface area contributed by atoms with Crippen molar-refractivity contribution >= 4 is 5.78 Å². The first-order valence-electron chi connectivity index (χ1n) is 9.34. The van der Waals surface area contributed by atoms with Crippen molar-refractivity contribution in [2.75, 3.05) is 0 Å². The largest absolute Gasteiger partial charge is 0.393 e. The van der Waals surface area contributed by atoms with Crippen LogP contribution in [0.2, 0.25) is 0 Å². The van der Waals surface area contributed by atoms with Gasteiger partial charge in [0.05, 0.1) is 6.10 Å². The number of hydrogen-bond donors (Lipinski definition) is 1. The molecule has 0 bridgehead atoms. The third-order valence-electron chi connectivity index (χ3n) is 4.21. The minimum atomic E-state index is -0.147. The molecule has 2 heteroatoms. The van der Waals surface area contributed by atoms with Crippen molar-refractivity contribution in [3.63, 3.8) is 0 Å². The van der Waals surface area contributed by atoms with Gasteiger partial charge in [0.15, 0.2) is 0 Å². The second kappa shape index (κ2) is 16.0. The molecule has 0 saturated heterocycles. The van der Waals surface area contributed by atoms with E-state index in [9.17, 15) is 9.90 Å². The van der Waals surface area contributed by atoms with Crippen LogP contribution in [0.3, 0.4) is 0 Å². The molecule has 0 aromatic carbocycles. The molecular weight excluding hydrogens is 260 g/mol. The summed E-state index contributed by atoms with van der Waals surface area (Å²) >= 11 is 0. The van der Waals surface area contributed by atoms with Crippen LogP contribution in [0, 0.1) is 0 Å².